The fourth-order valence-electron chi connectivity index (χ4n) is 2.11. The van der Waals surface area contributed by atoms with Crippen LogP contribution in [-0.2, 0) is 4.74 Å². The van der Waals surface area contributed by atoms with E-state index in [1.54, 1.807) is 7.11 Å². The van der Waals surface area contributed by atoms with E-state index in [1.807, 2.05) is 25.1 Å². The second kappa shape index (κ2) is 5.98. The van der Waals surface area contributed by atoms with Gasteiger partial charge in [-0.25, -0.2) is 0 Å². The summed E-state index contributed by atoms with van der Waals surface area (Å²) in [5.41, 5.74) is 1.74. The van der Waals surface area contributed by atoms with Gasteiger partial charge >= 0.3 is 0 Å². The van der Waals surface area contributed by atoms with Gasteiger partial charge in [0.05, 0.1) is 26.9 Å². The Bertz CT molecular complexity index is 425. The zero-order chi connectivity index (χ0) is 13.0. The van der Waals surface area contributed by atoms with E-state index in [0.717, 1.165) is 43.2 Å². The van der Waals surface area contributed by atoms with E-state index >= 15 is 0 Å². The molecule has 0 unspecified atom stereocenters. The topological polar surface area (TPSA) is 38.8 Å². The number of aryl methyl sites for hydroxylation is 1. The largest absolute Gasteiger partial charge is 0.496 e. The van der Waals surface area contributed by atoms with Gasteiger partial charge in [0, 0.05) is 18.7 Å². The first-order chi connectivity index (χ1) is 8.70. The fourth-order valence-corrected chi connectivity index (χ4v) is 2.11. The van der Waals surface area contributed by atoms with Crippen LogP contribution in [0.3, 0.4) is 0 Å². The van der Waals surface area contributed by atoms with Crippen LogP contribution in [0.15, 0.2) is 18.2 Å². The molecule has 1 heterocycles. The minimum atomic E-state index is 0.155. The number of hydrogen-bond acceptors (Lipinski definition) is 4. The van der Waals surface area contributed by atoms with E-state index in [9.17, 15) is 4.79 Å². The van der Waals surface area contributed by atoms with E-state index in [-0.39, 0.29) is 5.78 Å². The predicted molar refractivity (Wildman–Crippen MR) is 69.3 cm³/mol. The van der Waals surface area contributed by atoms with Crippen LogP contribution in [0.1, 0.15) is 15.9 Å². The van der Waals surface area contributed by atoms with Crippen LogP contribution < -0.4 is 4.74 Å². The van der Waals surface area contributed by atoms with Crippen LogP contribution in [0.25, 0.3) is 0 Å². The lowest BCUT2D eigenvalue weighted by atomic mass is 10.1. The highest BCUT2D eigenvalue weighted by Gasteiger charge is 2.15. The summed E-state index contributed by atoms with van der Waals surface area (Å²) >= 11 is 0. The number of hydrogen-bond donors (Lipinski definition) is 0. The number of rotatable bonds is 4. The van der Waals surface area contributed by atoms with Crippen LogP contribution in [0, 0.1) is 6.92 Å². The zero-order valence-corrected chi connectivity index (χ0v) is 10.9. The van der Waals surface area contributed by atoms with Gasteiger partial charge in [-0.1, -0.05) is 0 Å². The average Bonchev–Trinajstić information content (AvgIpc) is 2.39. The molecule has 0 bridgehead atoms. The Hall–Kier alpha value is -1.39. The highest BCUT2D eigenvalue weighted by Crippen LogP contribution is 2.19. The molecule has 1 aliphatic rings. The standard InChI is InChI=1S/C14H19NO3/c1-11-9-12(3-4-14(11)17-2)13(16)10-15-5-7-18-8-6-15/h3-4,9H,5-8,10H2,1-2H3. The van der Waals surface area contributed by atoms with Gasteiger partial charge < -0.3 is 9.47 Å². The van der Waals surface area contributed by atoms with Crippen molar-refractivity contribution in [3.63, 3.8) is 0 Å². The minimum Gasteiger partial charge on any atom is -0.496 e. The smallest absolute Gasteiger partial charge is 0.176 e. The van der Waals surface area contributed by atoms with Gasteiger partial charge in [0.2, 0.25) is 0 Å². The molecule has 1 aliphatic heterocycles. The maximum atomic E-state index is 12.1. The van der Waals surface area contributed by atoms with Crippen LogP contribution in [-0.4, -0.2) is 50.6 Å². The Labute approximate surface area is 107 Å². The monoisotopic (exact) mass is 249 g/mol. The van der Waals surface area contributed by atoms with Crippen molar-refractivity contribution in [1.29, 1.82) is 0 Å². The summed E-state index contributed by atoms with van der Waals surface area (Å²) in [5.74, 6) is 0.973. The first kappa shape index (κ1) is 13.1. The van der Waals surface area contributed by atoms with E-state index in [0.29, 0.717) is 6.54 Å². The third-order valence-electron chi connectivity index (χ3n) is 3.19. The van der Waals surface area contributed by atoms with Gasteiger partial charge in [-0.05, 0) is 30.7 Å². The molecular formula is C14H19NO3. The summed E-state index contributed by atoms with van der Waals surface area (Å²) in [4.78, 5) is 14.3. The maximum absolute atomic E-state index is 12.1. The second-order valence-corrected chi connectivity index (χ2v) is 4.50. The Morgan fingerprint density at radius 3 is 2.72 bits per heavy atom. The van der Waals surface area contributed by atoms with E-state index < -0.39 is 0 Å². The molecule has 2 rings (SSSR count). The van der Waals surface area contributed by atoms with Gasteiger partial charge in [0.25, 0.3) is 0 Å². The number of ether oxygens (including phenoxy) is 2. The Morgan fingerprint density at radius 1 is 1.39 bits per heavy atom. The molecular weight excluding hydrogens is 230 g/mol. The normalized spacial score (nSPS) is 16.6. The van der Waals surface area contributed by atoms with Gasteiger partial charge in [0.15, 0.2) is 5.78 Å². The minimum absolute atomic E-state index is 0.155. The number of methoxy groups -OCH3 is 1. The lowest BCUT2D eigenvalue weighted by molar-refractivity contribution is 0.0371. The molecule has 0 N–H and O–H groups in total. The lowest BCUT2D eigenvalue weighted by Crippen LogP contribution is -2.39. The van der Waals surface area contributed by atoms with Crippen molar-refractivity contribution in [3.8, 4) is 5.75 Å². The molecule has 0 radical (unpaired) electrons. The molecule has 0 aliphatic carbocycles. The van der Waals surface area contributed by atoms with Crippen molar-refractivity contribution < 1.29 is 14.3 Å². The summed E-state index contributed by atoms with van der Waals surface area (Å²) < 4.78 is 10.5. The Kier molecular flexibility index (Phi) is 4.33. The number of nitrogens with zero attached hydrogens (tertiary/aromatic N) is 1. The van der Waals surface area contributed by atoms with Gasteiger partial charge in [-0.2, -0.15) is 0 Å². The lowest BCUT2D eigenvalue weighted by Gasteiger charge is -2.25. The van der Waals surface area contributed by atoms with Crippen molar-refractivity contribution >= 4 is 5.78 Å². The molecule has 0 aromatic heterocycles. The van der Waals surface area contributed by atoms with Crippen molar-refractivity contribution in [2.45, 2.75) is 6.92 Å². The third kappa shape index (κ3) is 3.09. The van der Waals surface area contributed by atoms with Gasteiger partial charge in [-0.3, -0.25) is 9.69 Å². The molecule has 4 nitrogen and oxygen atoms in total. The molecule has 4 heteroatoms. The number of benzene rings is 1. The SMILES string of the molecule is COc1ccc(C(=O)CN2CCOCC2)cc1C. The van der Waals surface area contributed by atoms with E-state index in [1.165, 1.54) is 0 Å². The molecule has 1 aromatic carbocycles. The average molecular weight is 249 g/mol. The van der Waals surface area contributed by atoms with Crippen LogP contribution in [0.2, 0.25) is 0 Å². The summed E-state index contributed by atoms with van der Waals surface area (Å²) in [7, 11) is 1.64. The quantitative estimate of drug-likeness (QED) is 0.758. The van der Waals surface area contributed by atoms with Crippen LogP contribution in [0.4, 0.5) is 0 Å². The Balaban J connectivity index is 2.01. The number of ketones is 1. The summed E-state index contributed by atoms with van der Waals surface area (Å²) in [5, 5.41) is 0. The third-order valence-corrected chi connectivity index (χ3v) is 3.19. The first-order valence-corrected chi connectivity index (χ1v) is 6.18. The molecule has 1 fully saturated rings. The van der Waals surface area contributed by atoms with E-state index in [2.05, 4.69) is 4.90 Å². The Morgan fingerprint density at radius 2 is 2.11 bits per heavy atom. The predicted octanol–water partition coefficient (Wildman–Crippen LogP) is 1.52. The molecule has 0 saturated carbocycles. The highest BCUT2D eigenvalue weighted by molar-refractivity contribution is 5.98. The van der Waals surface area contributed by atoms with Crippen LogP contribution >= 0.6 is 0 Å². The van der Waals surface area contributed by atoms with Crippen molar-refractivity contribution in [2.75, 3.05) is 40.0 Å². The summed E-state index contributed by atoms with van der Waals surface area (Å²) in [6, 6.07) is 5.57. The molecule has 1 saturated heterocycles. The van der Waals surface area contributed by atoms with E-state index in [4.69, 9.17) is 9.47 Å². The zero-order valence-electron chi connectivity index (χ0n) is 10.9. The molecule has 1 aromatic rings. The van der Waals surface area contributed by atoms with Gasteiger partial charge in [0.1, 0.15) is 5.75 Å². The number of carbonyl (C=O) groups is 1. The molecule has 18 heavy (non-hydrogen) atoms. The van der Waals surface area contributed by atoms with Crippen molar-refractivity contribution in [2.24, 2.45) is 0 Å². The number of morpholine rings is 1. The highest BCUT2D eigenvalue weighted by atomic mass is 16.5. The fraction of sp³-hybridized carbons (Fsp3) is 0.500. The maximum Gasteiger partial charge on any atom is 0.176 e. The van der Waals surface area contributed by atoms with Gasteiger partial charge in [-0.15, -0.1) is 0 Å². The van der Waals surface area contributed by atoms with Crippen LogP contribution in [0.5, 0.6) is 5.75 Å². The van der Waals surface area contributed by atoms with Crippen molar-refractivity contribution in [1.82, 2.24) is 4.90 Å². The first-order valence-electron chi connectivity index (χ1n) is 6.18. The molecule has 0 amide bonds. The summed E-state index contributed by atoms with van der Waals surface area (Å²) in [6.07, 6.45) is 0. The molecule has 98 valence electrons. The van der Waals surface area contributed by atoms with Crippen molar-refractivity contribution in [3.05, 3.63) is 29.3 Å². The molecule has 0 atom stereocenters. The summed E-state index contributed by atoms with van der Waals surface area (Å²) in [6.45, 7) is 5.52. The second-order valence-electron chi connectivity index (χ2n) is 4.50. The number of carbonyl (C=O) groups excluding carboxylic acids is 1. The molecule has 0 spiro atoms. The number of Topliss-reactive ketones (excluding diaryl/α,β-unsaturated/α-hetero) is 1.